The number of benzene rings is 1. The second-order valence-electron chi connectivity index (χ2n) is 6.94. The average Bonchev–Trinajstić information content (AvgIpc) is 2.55. The van der Waals surface area contributed by atoms with Crippen LogP contribution in [0, 0.1) is 5.92 Å². The fraction of sp³-hybridized carbons (Fsp3) is 0.684. The van der Waals surface area contributed by atoms with Gasteiger partial charge in [0.15, 0.2) is 0 Å². The molecule has 1 aromatic rings. The molecule has 2 unspecified atom stereocenters. The molecule has 130 valence electrons. The Labute approximate surface area is 141 Å². The predicted octanol–water partition coefficient (Wildman–Crippen LogP) is 2.78. The van der Waals surface area contributed by atoms with Gasteiger partial charge in [-0.15, -0.1) is 0 Å². The highest BCUT2D eigenvalue weighted by Gasteiger charge is 2.28. The monoisotopic (exact) mass is 320 g/mol. The lowest BCUT2D eigenvalue weighted by molar-refractivity contribution is 0.0367. The Morgan fingerprint density at radius 1 is 1.22 bits per heavy atom. The third kappa shape index (κ3) is 4.93. The maximum atomic E-state index is 9.90. The summed E-state index contributed by atoms with van der Waals surface area (Å²) in [6.07, 6.45) is 0. The van der Waals surface area contributed by atoms with Gasteiger partial charge in [-0.2, -0.15) is 0 Å². The number of likely N-dealkylation sites (N-methyl/N-ethyl adjacent to an activating group) is 1. The van der Waals surface area contributed by atoms with Crippen molar-refractivity contribution in [3.8, 4) is 5.75 Å². The van der Waals surface area contributed by atoms with E-state index in [0.29, 0.717) is 12.0 Å². The predicted molar refractivity (Wildman–Crippen MR) is 94.9 cm³/mol. The number of ether oxygens (including phenoxy) is 1. The van der Waals surface area contributed by atoms with Gasteiger partial charge >= 0.3 is 0 Å². The van der Waals surface area contributed by atoms with Crippen molar-refractivity contribution in [2.45, 2.75) is 39.8 Å². The lowest BCUT2D eigenvalue weighted by Gasteiger charge is -2.42. The van der Waals surface area contributed by atoms with Crippen molar-refractivity contribution < 1.29 is 9.84 Å². The van der Waals surface area contributed by atoms with Gasteiger partial charge in [0.05, 0.1) is 19.3 Å². The molecule has 0 saturated carbocycles. The lowest BCUT2D eigenvalue weighted by atomic mass is 10.0. The SMILES string of the molecule is CCN1CCN(C(CO)c2ccc(OCC(C)C)cc2)CC1C. The Morgan fingerprint density at radius 2 is 1.91 bits per heavy atom. The summed E-state index contributed by atoms with van der Waals surface area (Å²) in [5.41, 5.74) is 1.17. The van der Waals surface area contributed by atoms with Crippen LogP contribution in [0.3, 0.4) is 0 Å². The molecule has 1 heterocycles. The maximum Gasteiger partial charge on any atom is 0.119 e. The van der Waals surface area contributed by atoms with Crippen molar-refractivity contribution in [2.24, 2.45) is 5.92 Å². The number of piperazine rings is 1. The fourth-order valence-electron chi connectivity index (χ4n) is 3.26. The first-order valence-electron chi connectivity index (χ1n) is 8.86. The first-order valence-corrected chi connectivity index (χ1v) is 8.86. The van der Waals surface area contributed by atoms with Gasteiger partial charge in [0, 0.05) is 25.7 Å². The molecule has 4 heteroatoms. The van der Waals surface area contributed by atoms with Crippen LogP contribution in [-0.4, -0.2) is 60.3 Å². The minimum Gasteiger partial charge on any atom is -0.493 e. The third-order valence-electron chi connectivity index (χ3n) is 4.66. The van der Waals surface area contributed by atoms with Gasteiger partial charge in [-0.05, 0) is 37.1 Å². The highest BCUT2D eigenvalue weighted by molar-refractivity contribution is 5.29. The molecule has 0 spiro atoms. The Kier molecular flexibility index (Phi) is 6.88. The van der Waals surface area contributed by atoms with E-state index in [2.05, 4.69) is 49.6 Å². The topological polar surface area (TPSA) is 35.9 Å². The van der Waals surface area contributed by atoms with Crippen molar-refractivity contribution in [2.75, 3.05) is 39.4 Å². The minimum absolute atomic E-state index is 0.0793. The van der Waals surface area contributed by atoms with E-state index >= 15 is 0 Å². The van der Waals surface area contributed by atoms with Gasteiger partial charge in [0.2, 0.25) is 0 Å². The molecule has 1 aliphatic heterocycles. The van der Waals surface area contributed by atoms with E-state index in [0.717, 1.165) is 38.5 Å². The first-order chi connectivity index (χ1) is 11.0. The van der Waals surface area contributed by atoms with Crippen molar-refractivity contribution in [3.05, 3.63) is 29.8 Å². The van der Waals surface area contributed by atoms with Crippen LogP contribution in [0.25, 0.3) is 0 Å². The standard InChI is InChI=1S/C19H32N2O2/c1-5-20-10-11-21(12-16(20)4)19(13-22)17-6-8-18(9-7-17)23-14-15(2)3/h6-9,15-16,19,22H,5,10-14H2,1-4H3. The van der Waals surface area contributed by atoms with Gasteiger partial charge in [0.25, 0.3) is 0 Å². The van der Waals surface area contributed by atoms with E-state index in [1.165, 1.54) is 5.56 Å². The summed E-state index contributed by atoms with van der Waals surface area (Å²) in [6, 6.07) is 8.84. The quantitative estimate of drug-likeness (QED) is 0.838. The van der Waals surface area contributed by atoms with E-state index in [1.54, 1.807) is 0 Å². The average molecular weight is 320 g/mol. The van der Waals surface area contributed by atoms with E-state index in [4.69, 9.17) is 4.74 Å². The molecule has 1 fully saturated rings. The summed E-state index contributed by atoms with van der Waals surface area (Å²) >= 11 is 0. The third-order valence-corrected chi connectivity index (χ3v) is 4.66. The van der Waals surface area contributed by atoms with E-state index < -0.39 is 0 Å². The number of hydrogen-bond acceptors (Lipinski definition) is 4. The summed E-state index contributed by atoms with van der Waals surface area (Å²) in [7, 11) is 0. The van der Waals surface area contributed by atoms with E-state index in [1.807, 2.05) is 12.1 Å². The van der Waals surface area contributed by atoms with Gasteiger partial charge in [-0.3, -0.25) is 9.80 Å². The highest BCUT2D eigenvalue weighted by Crippen LogP contribution is 2.25. The summed E-state index contributed by atoms with van der Waals surface area (Å²) in [6.45, 7) is 13.9. The lowest BCUT2D eigenvalue weighted by Crippen LogP contribution is -2.53. The second-order valence-corrected chi connectivity index (χ2v) is 6.94. The highest BCUT2D eigenvalue weighted by atomic mass is 16.5. The molecule has 2 atom stereocenters. The molecule has 0 radical (unpaired) electrons. The molecule has 0 aromatic heterocycles. The molecule has 1 aliphatic rings. The maximum absolute atomic E-state index is 9.90. The summed E-state index contributed by atoms with van der Waals surface area (Å²) in [4.78, 5) is 4.90. The molecule has 4 nitrogen and oxygen atoms in total. The van der Waals surface area contributed by atoms with Crippen LogP contribution in [0.1, 0.15) is 39.3 Å². The van der Waals surface area contributed by atoms with Crippen molar-refractivity contribution in [3.63, 3.8) is 0 Å². The minimum atomic E-state index is 0.0793. The molecule has 1 aromatic carbocycles. The molecule has 0 amide bonds. The number of hydrogen-bond donors (Lipinski definition) is 1. The smallest absolute Gasteiger partial charge is 0.119 e. The Balaban J connectivity index is 2.00. The molecule has 0 bridgehead atoms. The molecule has 1 N–H and O–H groups in total. The second kappa shape index (κ2) is 8.67. The molecule has 23 heavy (non-hydrogen) atoms. The van der Waals surface area contributed by atoms with Crippen LogP contribution in [0.15, 0.2) is 24.3 Å². The Bertz CT molecular complexity index is 461. The van der Waals surface area contributed by atoms with Gasteiger partial charge in [0.1, 0.15) is 5.75 Å². The summed E-state index contributed by atoms with van der Waals surface area (Å²) in [5, 5.41) is 9.90. The largest absolute Gasteiger partial charge is 0.493 e. The Morgan fingerprint density at radius 3 is 2.43 bits per heavy atom. The van der Waals surface area contributed by atoms with Crippen molar-refractivity contribution in [1.29, 1.82) is 0 Å². The van der Waals surface area contributed by atoms with Gasteiger partial charge in [-0.25, -0.2) is 0 Å². The number of nitrogens with zero attached hydrogens (tertiary/aromatic N) is 2. The van der Waals surface area contributed by atoms with Crippen molar-refractivity contribution >= 4 is 0 Å². The van der Waals surface area contributed by atoms with Gasteiger partial charge < -0.3 is 9.84 Å². The normalized spacial score (nSPS) is 21.6. The Hall–Kier alpha value is -1.10. The van der Waals surface area contributed by atoms with Crippen LogP contribution in [-0.2, 0) is 0 Å². The number of rotatable bonds is 7. The van der Waals surface area contributed by atoms with Crippen LogP contribution < -0.4 is 4.74 Å². The summed E-state index contributed by atoms with van der Waals surface area (Å²) in [5.74, 6) is 1.43. The zero-order valence-corrected chi connectivity index (χ0v) is 15.0. The van der Waals surface area contributed by atoms with E-state index in [9.17, 15) is 5.11 Å². The van der Waals surface area contributed by atoms with Crippen LogP contribution in [0.4, 0.5) is 0 Å². The van der Waals surface area contributed by atoms with Crippen LogP contribution >= 0.6 is 0 Å². The fourth-order valence-corrected chi connectivity index (χ4v) is 3.26. The van der Waals surface area contributed by atoms with E-state index in [-0.39, 0.29) is 12.6 Å². The number of aliphatic hydroxyl groups is 1. The van der Waals surface area contributed by atoms with Crippen LogP contribution in [0.5, 0.6) is 5.75 Å². The number of aliphatic hydroxyl groups excluding tert-OH is 1. The zero-order valence-electron chi connectivity index (χ0n) is 15.0. The van der Waals surface area contributed by atoms with Gasteiger partial charge in [-0.1, -0.05) is 32.9 Å². The zero-order chi connectivity index (χ0) is 16.8. The van der Waals surface area contributed by atoms with Crippen LogP contribution in [0.2, 0.25) is 0 Å². The molecular weight excluding hydrogens is 288 g/mol. The molecule has 2 rings (SSSR count). The van der Waals surface area contributed by atoms with Crippen molar-refractivity contribution in [1.82, 2.24) is 9.80 Å². The molecular formula is C19H32N2O2. The molecule has 0 aliphatic carbocycles. The summed E-state index contributed by atoms with van der Waals surface area (Å²) < 4.78 is 5.74. The first kappa shape index (κ1) is 18.2. The molecule has 1 saturated heterocycles.